The Morgan fingerprint density at radius 1 is 1.07 bits per heavy atom. The number of methoxy groups -OCH3 is 2. The Labute approximate surface area is 163 Å². The van der Waals surface area contributed by atoms with Crippen LogP contribution in [0.1, 0.15) is 18.4 Å². The van der Waals surface area contributed by atoms with Gasteiger partial charge in [-0.05, 0) is 55.7 Å². The van der Waals surface area contributed by atoms with Gasteiger partial charge >= 0.3 is 0 Å². The van der Waals surface area contributed by atoms with Gasteiger partial charge in [0.05, 0.1) is 19.9 Å². The van der Waals surface area contributed by atoms with Crippen molar-refractivity contribution < 1.29 is 9.47 Å². The van der Waals surface area contributed by atoms with Crippen LogP contribution in [0.4, 0.5) is 5.82 Å². The van der Waals surface area contributed by atoms with Crippen LogP contribution in [0.15, 0.2) is 42.5 Å². The van der Waals surface area contributed by atoms with Crippen LogP contribution in [0.3, 0.4) is 0 Å². The third-order valence-corrected chi connectivity index (χ3v) is 5.08. The molecule has 0 spiro atoms. The molecule has 3 aromatic rings. The molecule has 0 radical (unpaired) electrons. The van der Waals surface area contributed by atoms with Crippen LogP contribution < -0.4 is 14.8 Å². The number of nitrogens with one attached hydrogen (secondary N) is 1. The monoisotopic (exact) mass is 383 g/mol. The fourth-order valence-corrected chi connectivity index (χ4v) is 3.70. The van der Waals surface area contributed by atoms with Crippen LogP contribution >= 0.6 is 11.6 Å². The zero-order valence-electron chi connectivity index (χ0n) is 15.5. The van der Waals surface area contributed by atoms with Gasteiger partial charge in [-0.3, -0.25) is 0 Å². The molecule has 0 atom stereocenters. The van der Waals surface area contributed by atoms with Gasteiger partial charge < -0.3 is 14.8 Å². The average molecular weight is 384 g/mol. The highest BCUT2D eigenvalue weighted by Crippen LogP contribution is 2.39. The lowest BCUT2D eigenvalue weighted by Gasteiger charge is -2.10. The number of rotatable bonds is 4. The molecule has 140 valence electrons. The Morgan fingerprint density at radius 3 is 2.74 bits per heavy atom. The van der Waals surface area contributed by atoms with Gasteiger partial charge in [0.1, 0.15) is 23.0 Å². The molecule has 0 saturated carbocycles. The van der Waals surface area contributed by atoms with Crippen molar-refractivity contribution in [1.82, 2.24) is 9.78 Å². The minimum Gasteiger partial charge on any atom is -0.497 e. The van der Waals surface area contributed by atoms with Crippen molar-refractivity contribution in [2.75, 3.05) is 26.1 Å². The first-order valence-corrected chi connectivity index (χ1v) is 9.43. The average Bonchev–Trinajstić information content (AvgIpc) is 2.88. The van der Waals surface area contributed by atoms with Crippen molar-refractivity contribution in [2.24, 2.45) is 0 Å². The molecule has 2 aromatic carbocycles. The van der Waals surface area contributed by atoms with Gasteiger partial charge in [-0.15, -0.1) is 0 Å². The lowest BCUT2D eigenvalue weighted by Crippen LogP contribution is -2.07. The Bertz CT molecular complexity index is 968. The van der Waals surface area contributed by atoms with Gasteiger partial charge in [0.25, 0.3) is 0 Å². The normalized spacial score (nSPS) is 13.4. The zero-order valence-corrected chi connectivity index (χ0v) is 16.2. The SMILES string of the molecule is COc1ccc(OC)c(-c2nn(-c3cccc(Cl)c3)c3c2CCCCN3)c1. The summed E-state index contributed by atoms with van der Waals surface area (Å²) in [5.41, 5.74) is 3.97. The molecule has 0 saturated heterocycles. The molecular weight excluding hydrogens is 362 g/mol. The number of aromatic nitrogens is 2. The summed E-state index contributed by atoms with van der Waals surface area (Å²) in [6.45, 7) is 0.925. The van der Waals surface area contributed by atoms with Crippen LogP contribution in [0.25, 0.3) is 16.9 Å². The first-order chi connectivity index (χ1) is 13.2. The number of halogens is 1. The largest absolute Gasteiger partial charge is 0.497 e. The fourth-order valence-electron chi connectivity index (χ4n) is 3.51. The van der Waals surface area contributed by atoms with Crippen molar-refractivity contribution in [3.8, 4) is 28.4 Å². The Balaban J connectivity index is 1.94. The van der Waals surface area contributed by atoms with Gasteiger partial charge in [-0.1, -0.05) is 17.7 Å². The molecule has 1 N–H and O–H groups in total. The highest BCUT2D eigenvalue weighted by atomic mass is 35.5. The second kappa shape index (κ2) is 7.53. The second-order valence-electron chi connectivity index (χ2n) is 6.52. The number of hydrogen-bond donors (Lipinski definition) is 1. The maximum absolute atomic E-state index is 6.22. The Kier molecular flexibility index (Phi) is 4.94. The van der Waals surface area contributed by atoms with E-state index in [2.05, 4.69) is 5.32 Å². The van der Waals surface area contributed by atoms with Crippen molar-refractivity contribution in [1.29, 1.82) is 0 Å². The number of nitrogens with zero attached hydrogens (tertiary/aromatic N) is 2. The van der Waals surface area contributed by atoms with E-state index >= 15 is 0 Å². The number of anilines is 1. The molecule has 0 aliphatic carbocycles. The lowest BCUT2D eigenvalue weighted by atomic mass is 10.0. The number of fused-ring (bicyclic) bond motifs is 1. The smallest absolute Gasteiger partial charge is 0.133 e. The van der Waals surface area contributed by atoms with Crippen molar-refractivity contribution in [3.63, 3.8) is 0 Å². The second-order valence-corrected chi connectivity index (χ2v) is 6.95. The van der Waals surface area contributed by atoms with E-state index in [-0.39, 0.29) is 0 Å². The van der Waals surface area contributed by atoms with Gasteiger partial charge in [-0.2, -0.15) is 5.10 Å². The number of ether oxygens (including phenoxy) is 2. The van der Waals surface area contributed by atoms with E-state index in [0.29, 0.717) is 5.02 Å². The first kappa shape index (κ1) is 17.7. The Hall–Kier alpha value is -2.66. The summed E-state index contributed by atoms with van der Waals surface area (Å²) in [4.78, 5) is 0. The standard InChI is InChI=1S/C21H22ClN3O2/c1-26-16-9-10-19(27-2)18(13-16)20-17-8-3-4-11-23-21(17)25(24-20)15-7-5-6-14(22)12-15/h5-7,9-10,12-13,23H,3-4,8,11H2,1-2H3. The molecule has 0 fully saturated rings. The summed E-state index contributed by atoms with van der Waals surface area (Å²) in [5, 5.41) is 9.20. The summed E-state index contributed by atoms with van der Waals surface area (Å²) in [7, 11) is 3.34. The van der Waals surface area contributed by atoms with E-state index in [1.807, 2.05) is 47.1 Å². The highest BCUT2D eigenvalue weighted by Gasteiger charge is 2.24. The minimum absolute atomic E-state index is 0.686. The molecule has 4 rings (SSSR count). The predicted octanol–water partition coefficient (Wildman–Crippen LogP) is 4.96. The summed E-state index contributed by atoms with van der Waals surface area (Å²) in [5.74, 6) is 2.58. The summed E-state index contributed by atoms with van der Waals surface area (Å²) in [6.07, 6.45) is 3.19. The fraction of sp³-hybridized carbons (Fsp3) is 0.286. The van der Waals surface area contributed by atoms with Gasteiger partial charge in [0.2, 0.25) is 0 Å². The molecule has 0 bridgehead atoms. The summed E-state index contributed by atoms with van der Waals surface area (Å²) < 4.78 is 13.0. The third kappa shape index (κ3) is 3.35. The van der Waals surface area contributed by atoms with E-state index < -0.39 is 0 Å². The predicted molar refractivity (Wildman–Crippen MR) is 109 cm³/mol. The van der Waals surface area contributed by atoms with Crippen molar-refractivity contribution >= 4 is 17.4 Å². The molecule has 1 aliphatic heterocycles. The summed E-state index contributed by atoms with van der Waals surface area (Å²) >= 11 is 6.22. The van der Waals surface area contributed by atoms with Crippen LogP contribution in [-0.4, -0.2) is 30.5 Å². The van der Waals surface area contributed by atoms with Crippen LogP contribution in [0, 0.1) is 0 Å². The van der Waals surface area contributed by atoms with Crippen molar-refractivity contribution in [3.05, 3.63) is 53.1 Å². The molecular formula is C21H22ClN3O2. The van der Waals surface area contributed by atoms with E-state index in [4.69, 9.17) is 26.2 Å². The summed E-state index contributed by atoms with van der Waals surface area (Å²) in [6, 6.07) is 13.5. The van der Waals surface area contributed by atoms with Crippen LogP contribution in [0.2, 0.25) is 5.02 Å². The highest BCUT2D eigenvalue weighted by molar-refractivity contribution is 6.30. The molecule has 5 nitrogen and oxygen atoms in total. The van der Waals surface area contributed by atoms with Gasteiger partial charge in [-0.25, -0.2) is 4.68 Å². The third-order valence-electron chi connectivity index (χ3n) is 4.84. The van der Waals surface area contributed by atoms with E-state index in [1.165, 1.54) is 5.56 Å². The topological polar surface area (TPSA) is 48.3 Å². The van der Waals surface area contributed by atoms with E-state index in [0.717, 1.165) is 60.1 Å². The number of hydrogen-bond acceptors (Lipinski definition) is 4. The lowest BCUT2D eigenvalue weighted by molar-refractivity contribution is 0.404. The van der Waals surface area contributed by atoms with Crippen molar-refractivity contribution in [2.45, 2.75) is 19.3 Å². The maximum Gasteiger partial charge on any atom is 0.133 e. The molecule has 0 amide bonds. The zero-order chi connectivity index (χ0) is 18.8. The molecule has 6 heteroatoms. The Morgan fingerprint density at radius 2 is 1.96 bits per heavy atom. The molecule has 2 heterocycles. The van der Waals surface area contributed by atoms with E-state index in [1.54, 1.807) is 14.2 Å². The van der Waals surface area contributed by atoms with Crippen LogP contribution in [0.5, 0.6) is 11.5 Å². The first-order valence-electron chi connectivity index (χ1n) is 9.05. The molecule has 0 unspecified atom stereocenters. The van der Waals surface area contributed by atoms with Gasteiger partial charge in [0.15, 0.2) is 0 Å². The van der Waals surface area contributed by atoms with Gasteiger partial charge in [0, 0.05) is 22.7 Å². The molecule has 1 aromatic heterocycles. The van der Waals surface area contributed by atoms with Crippen LogP contribution in [-0.2, 0) is 6.42 Å². The molecule has 1 aliphatic rings. The quantitative estimate of drug-likeness (QED) is 0.691. The molecule has 27 heavy (non-hydrogen) atoms. The maximum atomic E-state index is 6.22. The minimum atomic E-state index is 0.686. The van der Waals surface area contributed by atoms with E-state index in [9.17, 15) is 0 Å². The number of benzene rings is 2.